The van der Waals surface area contributed by atoms with Crippen LogP contribution in [-0.2, 0) is 17.6 Å². The molecule has 2 aromatic rings. The first kappa shape index (κ1) is 24.2. The number of nitrogens with zero attached hydrogens (tertiary/aromatic N) is 3. The lowest BCUT2D eigenvalue weighted by atomic mass is 10.1. The van der Waals surface area contributed by atoms with Crippen molar-refractivity contribution < 1.29 is 9.90 Å². The number of amidine groups is 1. The van der Waals surface area contributed by atoms with E-state index in [9.17, 15) is 9.90 Å². The third-order valence-corrected chi connectivity index (χ3v) is 4.49. The number of carbonyl (C=O) groups is 1. The Morgan fingerprint density at radius 1 is 1.00 bits per heavy atom. The SMILES string of the molecule is CCCN(C=O)/C(CCc1ccc(O)cc1)=N\N(C)CC.CCc1ccccc1. The molecule has 0 fully saturated rings. The molecule has 0 spiro atoms. The van der Waals surface area contributed by atoms with E-state index in [1.807, 2.05) is 44.1 Å². The van der Waals surface area contributed by atoms with Gasteiger partial charge in [0.15, 0.2) is 0 Å². The third kappa shape index (κ3) is 9.79. The van der Waals surface area contributed by atoms with E-state index in [4.69, 9.17) is 0 Å². The fraction of sp³-hybridized carbons (Fsp3) is 0.417. The highest BCUT2D eigenvalue weighted by Crippen LogP contribution is 2.12. The van der Waals surface area contributed by atoms with Crippen molar-refractivity contribution in [1.82, 2.24) is 9.91 Å². The van der Waals surface area contributed by atoms with Gasteiger partial charge in [-0.1, -0.05) is 56.3 Å². The van der Waals surface area contributed by atoms with Crippen LogP contribution in [0.5, 0.6) is 5.75 Å². The molecule has 0 saturated carbocycles. The fourth-order valence-corrected chi connectivity index (χ4v) is 2.63. The molecule has 5 nitrogen and oxygen atoms in total. The summed E-state index contributed by atoms with van der Waals surface area (Å²) in [6.07, 6.45) is 4.36. The van der Waals surface area contributed by atoms with Crippen LogP contribution in [0.25, 0.3) is 0 Å². The van der Waals surface area contributed by atoms with Gasteiger partial charge in [-0.15, -0.1) is 0 Å². The van der Waals surface area contributed by atoms with E-state index in [1.54, 1.807) is 17.0 Å². The summed E-state index contributed by atoms with van der Waals surface area (Å²) in [6.45, 7) is 7.69. The number of hydrazone groups is 1. The standard InChI is InChI=1S/C16H25N3O2.C8H10/c1-4-12-19(13-20)16(17-18(3)5-2)11-8-14-6-9-15(21)10-7-14;1-2-8-6-4-3-5-7-8/h6-7,9-10,13,21H,4-5,8,11-12H2,1-3H3;3-7H,2H2,1H3/b17-16-;. The molecule has 0 atom stereocenters. The molecule has 0 saturated heterocycles. The molecule has 2 aromatic carbocycles. The van der Waals surface area contributed by atoms with Crippen LogP contribution in [0, 0.1) is 0 Å². The second-order valence-corrected chi connectivity index (χ2v) is 6.79. The maximum absolute atomic E-state index is 11.3. The Morgan fingerprint density at radius 3 is 2.14 bits per heavy atom. The number of carbonyl (C=O) groups excluding carboxylic acids is 1. The van der Waals surface area contributed by atoms with Crippen molar-refractivity contribution in [2.24, 2.45) is 5.10 Å². The molecular weight excluding hydrogens is 362 g/mol. The van der Waals surface area contributed by atoms with Gasteiger partial charge in [-0.25, -0.2) is 0 Å². The molecule has 1 amide bonds. The lowest BCUT2D eigenvalue weighted by molar-refractivity contribution is -0.115. The maximum atomic E-state index is 11.3. The fourth-order valence-electron chi connectivity index (χ4n) is 2.63. The largest absolute Gasteiger partial charge is 0.508 e. The number of rotatable bonds is 9. The molecule has 0 bridgehead atoms. The quantitative estimate of drug-likeness (QED) is 0.289. The molecule has 0 aliphatic heterocycles. The minimum Gasteiger partial charge on any atom is -0.508 e. The van der Waals surface area contributed by atoms with E-state index in [-0.39, 0.29) is 5.75 Å². The van der Waals surface area contributed by atoms with Crippen molar-refractivity contribution >= 4 is 12.2 Å². The molecule has 0 heterocycles. The average molecular weight is 398 g/mol. The second-order valence-electron chi connectivity index (χ2n) is 6.79. The number of aromatic hydroxyl groups is 1. The summed E-state index contributed by atoms with van der Waals surface area (Å²) in [5.41, 5.74) is 2.52. The summed E-state index contributed by atoms with van der Waals surface area (Å²) in [6, 6.07) is 17.6. The van der Waals surface area contributed by atoms with Gasteiger partial charge in [-0.3, -0.25) is 9.80 Å². The minimum atomic E-state index is 0.263. The zero-order valence-electron chi connectivity index (χ0n) is 18.2. The number of phenols is 1. The Balaban J connectivity index is 0.000000436. The molecule has 158 valence electrons. The molecule has 1 N–H and O–H groups in total. The van der Waals surface area contributed by atoms with Crippen molar-refractivity contribution in [1.29, 1.82) is 0 Å². The predicted molar refractivity (Wildman–Crippen MR) is 121 cm³/mol. The number of hydrogen-bond donors (Lipinski definition) is 1. The number of benzene rings is 2. The van der Waals surface area contributed by atoms with Gasteiger partial charge in [-0.05, 0) is 49.4 Å². The summed E-state index contributed by atoms with van der Waals surface area (Å²) in [5, 5.41) is 15.6. The first-order valence-corrected chi connectivity index (χ1v) is 10.4. The van der Waals surface area contributed by atoms with Crippen LogP contribution < -0.4 is 0 Å². The van der Waals surface area contributed by atoms with Crippen LogP contribution in [0.3, 0.4) is 0 Å². The van der Waals surface area contributed by atoms with E-state index in [0.29, 0.717) is 13.0 Å². The van der Waals surface area contributed by atoms with Gasteiger partial charge in [-0.2, -0.15) is 5.10 Å². The van der Waals surface area contributed by atoms with E-state index in [1.165, 1.54) is 5.56 Å². The van der Waals surface area contributed by atoms with Crippen molar-refractivity contribution in [3.05, 3.63) is 65.7 Å². The zero-order chi connectivity index (χ0) is 21.5. The summed E-state index contributed by atoms with van der Waals surface area (Å²) < 4.78 is 0. The zero-order valence-corrected chi connectivity index (χ0v) is 18.2. The van der Waals surface area contributed by atoms with Gasteiger partial charge < -0.3 is 10.0 Å². The van der Waals surface area contributed by atoms with E-state index in [2.05, 4.69) is 36.3 Å². The first-order valence-electron chi connectivity index (χ1n) is 10.4. The summed E-state index contributed by atoms with van der Waals surface area (Å²) in [5.74, 6) is 1.04. The van der Waals surface area contributed by atoms with E-state index >= 15 is 0 Å². The number of hydrogen-bond acceptors (Lipinski definition) is 4. The number of amides is 1. The molecule has 0 aromatic heterocycles. The highest BCUT2D eigenvalue weighted by molar-refractivity contribution is 5.90. The normalized spacial score (nSPS) is 10.7. The molecule has 2 rings (SSSR count). The maximum Gasteiger partial charge on any atom is 0.215 e. The van der Waals surface area contributed by atoms with Crippen molar-refractivity contribution in [2.75, 3.05) is 20.1 Å². The van der Waals surface area contributed by atoms with Crippen molar-refractivity contribution in [2.45, 2.75) is 46.5 Å². The van der Waals surface area contributed by atoms with Crippen molar-refractivity contribution in [3.63, 3.8) is 0 Å². The Hall–Kier alpha value is -2.82. The topological polar surface area (TPSA) is 56.1 Å². The molecule has 0 unspecified atom stereocenters. The van der Waals surface area contributed by atoms with Crippen LogP contribution in [0.2, 0.25) is 0 Å². The smallest absolute Gasteiger partial charge is 0.215 e. The molecule has 0 aliphatic carbocycles. The average Bonchev–Trinajstić information content (AvgIpc) is 2.77. The summed E-state index contributed by atoms with van der Waals surface area (Å²) in [7, 11) is 1.90. The Labute approximate surface area is 175 Å². The van der Waals surface area contributed by atoms with Crippen LogP contribution in [0.15, 0.2) is 59.7 Å². The van der Waals surface area contributed by atoms with Gasteiger partial charge in [0.1, 0.15) is 11.6 Å². The lowest BCUT2D eigenvalue weighted by Crippen LogP contribution is -2.33. The summed E-state index contributed by atoms with van der Waals surface area (Å²) in [4.78, 5) is 12.9. The molecule has 0 radical (unpaired) electrons. The Bertz CT molecular complexity index is 715. The van der Waals surface area contributed by atoms with Crippen LogP contribution in [0.4, 0.5) is 0 Å². The van der Waals surface area contributed by atoms with E-state index < -0.39 is 0 Å². The Kier molecular flexibility index (Phi) is 11.9. The van der Waals surface area contributed by atoms with Crippen molar-refractivity contribution in [3.8, 4) is 5.75 Å². The summed E-state index contributed by atoms with van der Waals surface area (Å²) >= 11 is 0. The van der Waals surface area contributed by atoms with Gasteiger partial charge in [0.25, 0.3) is 0 Å². The molecule has 0 aliphatic rings. The second kappa shape index (κ2) is 14.2. The van der Waals surface area contributed by atoms with Gasteiger partial charge >= 0.3 is 0 Å². The van der Waals surface area contributed by atoms with Crippen LogP contribution >= 0.6 is 0 Å². The number of aryl methyl sites for hydroxylation is 2. The monoisotopic (exact) mass is 397 g/mol. The molecular formula is C24H35N3O2. The van der Waals surface area contributed by atoms with Crippen LogP contribution in [0.1, 0.15) is 44.7 Å². The first-order chi connectivity index (χ1) is 14.0. The minimum absolute atomic E-state index is 0.263. The highest BCUT2D eigenvalue weighted by atomic mass is 16.3. The van der Waals surface area contributed by atoms with E-state index in [0.717, 1.165) is 43.6 Å². The number of phenolic OH excluding ortho intramolecular Hbond substituents is 1. The van der Waals surface area contributed by atoms with Gasteiger partial charge in [0.05, 0.1) is 0 Å². The van der Waals surface area contributed by atoms with Gasteiger partial charge in [0.2, 0.25) is 6.41 Å². The lowest BCUT2D eigenvalue weighted by Gasteiger charge is -2.21. The Morgan fingerprint density at radius 2 is 1.66 bits per heavy atom. The predicted octanol–water partition coefficient (Wildman–Crippen LogP) is 4.71. The van der Waals surface area contributed by atoms with Gasteiger partial charge in [0, 0.05) is 26.6 Å². The highest BCUT2D eigenvalue weighted by Gasteiger charge is 2.11. The molecule has 29 heavy (non-hydrogen) atoms. The van der Waals surface area contributed by atoms with Crippen LogP contribution in [-0.4, -0.2) is 47.4 Å². The molecule has 5 heteroatoms. The third-order valence-electron chi connectivity index (χ3n) is 4.49.